The van der Waals surface area contributed by atoms with Crippen LogP contribution < -0.4 is 22.1 Å². The highest BCUT2D eigenvalue weighted by molar-refractivity contribution is 7.99. The molecule has 1 aromatic rings. The number of thioether (sulfide) groups is 1. The molecule has 0 unspecified atom stereocenters. The Morgan fingerprint density at radius 1 is 1.28 bits per heavy atom. The van der Waals surface area contributed by atoms with Gasteiger partial charge >= 0.3 is 6.03 Å². The van der Waals surface area contributed by atoms with Gasteiger partial charge < -0.3 is 16.8 Å². The fourth-order valence-corrected chi connectivity index (χ4v) is 4.75. The van der Waals surface area contributed by atoms with Gasteiger partial charge in [-0.15, -0.1) is 0 Å². The average molecular weight is 364 g/mol. The number of hydrogen-bond donors (Lipinski definition) is 4. The number of carbonyl (C=O) groups excluding carboxylic acids is 2. The zero-order valence-electron chi connectivity index (χ0n) is 14.2. The fraction of sp³-hybridized carbons (Fsp3) is 0.625. The van der Waals surface area contributed by atoms with E-state index in [1.54, 1.807) is 0 Å². The van der Waals surface area contributed by atoms with E-state index < -0.39 is 11.9 Å². The lowest BCUT2D eigenvalue weighted by atomic mass is 9.84. The molecule has 3 rings (SSSR count). The van der Waals surface area contributed by atoms with Crippen LogP contribution in [0.25, 0.3) is 0 Å². The van der Waals surface area contributed by atoms with Gasteiger partial charge in [0.1, 0.15) is 11.6 Å². The van der Waals surface area contributed by atoms with E-state index in [0.717, 1.165) is 23.6 Å². The Kier molecular flexibility index (Phi) is 5.31. The summed E-state index contributed by atoms with van der Waals surface area (Å²) < 4.78 is 0. The lowest BCUT2D eigenvalue weighted by molar-refractivity contribution is -0.117. The molecule has 1 aromatic heterocycles. The molecule has 1 heterocycles. The molecule has 2 fully saturated rings. The normalized spacial score (nSPS) is 25.6. The molecule has 2 saturated carbocycles. The number of amides is 3. The molecule has 2 bridgehead atoms. The third-order valence-electron chi connectivity index (χ3n) is 5.12. The molecule has 8 nitrogen and oxygen atoms in total. The number of nitrogens with zero attached hydrogens (tertiary/aromatic N) is 2. The fourth-order valence-electron chi connectivity index (χ4n) is 4.08. The van der Waals surface area contributed by atoms with Gasteiger partial charge in [0.05, 0.1) is 5.75 Å². The van der Waals surface area contributed by atoms with Crippen LogP contribution in [0.4, 0.5) is 16.4 Å². The minimum Gasteiger partial charge on any atom is -0.383 e. The Balaban J connectivity index is 1.42. The van der Waals surface area contributed by atoms with Crippen LogP contribution in [0.1, 0.15) is 32.6 Å². The second kappa shape index (κ2) is 7.47. The quantitative estimate of drug-likeness (QED) is 0.458. The molecule has 9 heteroatoms. The first-order valence-electron chi connectivity index (χ1n) is 8.54. The summed E-state index contributed by atoms with van der Waals surface area (Å²) in [6.07, 6.45) is 5.07. The van der Waals surface area contributed by atoms with Crippen LogP contribution in [-0.2, 0) is 4.79 Å². The number of imide groups is 1. The largest absolute Gasteiger partial charge is 0.383 e. The maximum atomic E-state index is 12.0. The zero-order chi connectivity index (χ0) is 18.0. The smallest absolute Gasteiger partial charge is 0.321 e. The molecule has 2 aliphatic carbocycles. The number of hydrogen-bond acceptors (Lipinski definition) is 7. The lowest BCUT2D eigenvalue weighted by Gasteiger charge is -2.28. The van der Waals surface area contributed by atoms with Crippen LogP contribution in [0.2, 0.25) is 0 Å². The van der Waals surface area contributed by atoms with Gasteiger partial charge in [0.15, 0.2) is 5.16 Å². The van der Waals surface area contributed by atoms with Gasteiger partial charge in [-0.25, -0.2) is 14.8 Å². The minimum atomic E-state index is -0.450. The predicted molar refractivity (Wildman–Crippen MR) is 96.7 cm³/mol. The number of nitrogen functional groups attached to an aromatic ring is 2. The van der Waals surface area contributed by atoms with Crippen LogP contribution >= 0.6 is 11.8 Å². The standard InChI is InChI=1S/C16H24N6O2S/c1-8(11-5-9-2-3-10(11)4-9)19-15(24)22-14(23)7-25-16-20-12(17)6-13(18)21-16/h6,8-11H,2-5,7H2,1H3,(H4,17,18,20,21)(H2,19,22,23,24)/t8-,9-,10-,11-/m1/s1. The SMILES string of the molecule is C[C@@H](NC(=O)NC(=O)CSc1nc(N)cc(N)n1)[C@H]1C[C@@H]2CC[C@@H]1C2. The molecular weight excluding hydrogens is 340 g/mol. The van der Waals surface area contributed by atoms with E-state index in [2.05, 4.69) is 20.6 Å². The Morgan fingerprint density at radius 2 is 2.00 bits per heavy atom. The van der Waals surface area contributed by atoms with E-state index in [0.29, 0.717) is 11.1 Å². The van der Waals surface area contributed by atoms with Crippen molar-refractivity contribution in [1.82, 2.24) is 20.6 Å². The monoisotopic (exact) mass is 364 g/mol. The molecule has 0 aliphatic heterocycles. The Labute approximate surface area is 150 Å². The highest BCUT2D eigenvalue weighted by Gasteiger charge is 2.42. The summed E-state index contributed by atoms with van der Waals surface area (Å²) in [4.78, 5) is 31.9. The van der Waals surface area contributed by atoms with E-state index in [-0.39, 0.29) is 23.4 Å². The number of anilines is 2. The molecule has 0 radical (unpaired) electrons. The minimum absolute atomic E-state index is 0.0127. The van der Waals surface area contributed by atoms with Crippen molar-refractivity contribution in [2.45, 2.75) is 43.8 Å². The van der Waals surface area contributed by atoms with Crippen LogP contribution in [0.15, 0.2) is 11.2 Å². The van der Waals surface area contributed by atoms with Crippen molar-refractivity contribution in [2.75, 3.05) is 17.2 Å². The Morgan fingerprint density at radius 3 is 2.60 bits per heavy atom. The first-order valence-corrected chi connectivity index (χ1v) is 9.52. The molecule has 6 N–H and O–H groups in total. The number of nitrogens with two attached hydrogens (primary N) is 2. The van der Waals surface area contributed by atoms with Gasteiger partial charge in [-0.1, -0.05) is 18.2 Å². The van der Waals surface area contributed by atoms with E-state index in [4.69, 9.17) is 11.5 Å². The molecule has 0 spiro atoms. The van der Waals surface area contributed by atoms with Crippen molar-refractivity contribution in [3.8, 4) is 0 Å². The van der Waals surface area contributed by atoms with Crippen molar-refractivity contribution in [3.63, 3.8) is 0 Å². The number of urea groups is 1. The summed E-state index contributed by atoms with van der Waals surface area (Å²) in [7, 11) is 0. The summed E-state index contributed by atoms with van der Waals surface area (Å²) in [5, 5.41) is 5.56. The average Bonchev–Trinajstić information content (AvgIpc) is 3.15. The number of aromatic nitrogens is 2. The number of fused-ring (bicyclic) bond motifs is 2. The molecule has 4 atom stereocenters. The van der Waals surface area contributed by atoms with Gasteiger partial charge in [-0.05, 0) is 43.9 Å². The predicted octanol–water partition coefficient (Wildman–Crippen LogP) is 1.38. The van der Waals surface area contributed by atoms with Crippen LogP contribution in [-0.4, -0.2) is 33.7 Å². The first kappa shape index (κ1) is 17.8. The molecule has 0 aromatic carbocycles. The molecule has 25 heavy (non-hydrogen) atoms. The molecular formula is C16H24N6O2S. The van der Waals surface area contributed by atoms with Gasteiger partial charge in [0.2, 0.25) is 5.91 Å². The molecule has 0 saturated heterocycles. The van der Waals surface area contributed by atoms with E-state index >= 15 is 0 Å². The second-order valence-corrected chi connectivity index (χ2v) is 7.88. The van der Waals surface area contributed by atoms with E-state index in [1.807, 2.05) is 6.92 Å². The maximum absolute atomic E-state index is 12.0. The number of carbonyl (C=O) groups is 2. The Bertz CT molecular complexity index is 650. The molecule has 2 aliphatic rings. The van der Waals surface area contributed by atoms with Gasteiger partial charge in [0, 0.05) is 12.1 Å². The van der Waals surface area contributed by atoms with Crippen LogP contribution in [0, 0.1) is 17.8 Å². The van der Waals surface area contributed by atoms with Crippen molar-refractivity contribution in [3.05, 3.63) is 6.07 Å². The summed E-state index contributed by atoms with van der Waals surface area (Å²) in [6.45, 7) is 2.02. The molecule has 136 valence electrons. The van der Waals surface area contributed by atoms with Crippen molar-refractivity contribution >= 4 is 35.3 Å². The van der Waals surface area contributed by atoms with Gasteiger partial charge in [-0.3, -0.25) is 10.1 Å². The van der Waals surface area contributed by atoms with Crippen LogP contribution in [0.5, 0.6) is 0 Å². The summed E-state index contributed by atoms with van der Waals surface area (Å²) >= 11 is 1.08. The van der Waals surface area contributed by atoms with Crippen molar-refractivity contribution in [2.24, 2.45) is 17.8 Å². The van der Waals surface area contributed by atoms with Crippen molar-refractivity contribution < 1.29 is 9.59 Å². The summed E-state index contributed by atoms with van der Waals surface area (Å²) in [5.74, 6) is 2.16. The second-order valence-electron chi connectivity index (χ2n) is 6.94. The van der Waals surface area contributed by atoms with Crippen LogP contribution in [0.3, 0.4) is 0 Å². The highest BCUT2D eigenvalue weighted by atomic mass is 32.2. The Hall–Kier alpha value is -2.03. The molecule has 3 amide bonds. The van der Waals surface area contributed by atoms with E-state index in [9.17, 15) is 9.59 Å². The summed E-state index contributed by atoms with van der Waals surface area (Å²) in [6, 6.07) is 1.07. The van der Waals surface area contributed by atoms with E-state index in [1.165, 1.54) is 31.7 Å². The first-order chi connectivity index (χ1) is 11.9. The number of rotatable bonds is 5. The topological polar surface area (TPSA) is 136 Å². The highest BCUT2D eigenvalue weighted by Crippen LogP contribution is 2.49. The third kappa shape index (κ3) is 4.53. The zero-order valence-corrected chi connectivity index (χ0v) is 15.0. The summed E-state index contributed by atoms with van der Waals surface area (Å²) in [5.41, 5.74) is 11.2. The number of nitrogens with one attached hydrogen (secondary N) is 2. The van der Waals surface area contributed by atoms with Crippen molar-refractivity contribution in [1.29, 1.82) is 0 Å². The third-order valence-corrected chi connectivity index (χ3v) is 5.97. The van der Waals surface area contributed by atoms with Gasteiger partial charge in [-0.2, -0.15) is 0 Å². The maximum Gasteiger partial charge on any atom is 0.321 e. The lowest BCUT2D eigenvalue weighted by Crippen LogP contribution is -2.47. The van der Waals surface area contributed by atoms with Gasteiger partial charge in [0.25, 0.3) is 0 Å².